The predicted octanol–water partition coefficient (Wildman–Crippen LogP) is 0.530. The van der Waals surface area contributed by atoms with Crippen molar-refractivity contribution in [1.29, 1.82) is 0 Å². The molecular formula is C18H27N5O2. The van der Waals surface area contributed by atoms with Crippen LogP contribution in [0.3, 0.4) is 0 Å². The summed E-state index contributed by atoms with van der Waals surface area (Å²) in [6.45, 7) is 9.18. The van der Waals surface area contributed by atoms with E-state index in [4.69, 9.17) is 9.72 Å². The highest BCUT2D eigenvalue weighted by Crippen LogP contribution is 2.31. The normalized spacial score (nSPS) is 26.2. The van der Waals surface area contributed by atoms with Crippen LogP contribution in [0.25, 0.3) is 0 Å². The van der Waals surface area contributed by atoms with E-state index in [1.807, 2.05) is 0 Å². The lowest BCUT2D eigenvalue weighted by molar-refractivity contribution is -0.0406. The summed E-state index contributed by atoms with van der Waals surface area (Å²) in [6, 6.07) is 0. The van der Waals surface area contributed by atoms with Gasteiger partial charge in [0.15, 0.2) is 0 Å². The van der Waals surface area contributed by atoms with E-state index in [-0.39, 0.29) is 11.5 Å². The van der Waals surface area contributed by atoms with Crippen molar-refractivity contribution < 1.29 is 9.53 Å². The van der Waals surface area contributed by atoms with Gasteiger partial charge in [0.2, 0.25) is 0 Å². The Bertz CT molecular complexity index is 670. The van der Waals surface area contributed by atoms with Crippen LogP contribution in [0.2, 0.25) is 0 Å². The number of carbonyl (C=O) groups is 1. The Hall–Kier alpha value is -1.73. The van der Waals surface area contributed by atoms with E-state index in [1.165, 1.54) is 0 Å². The average Bonchev–Trinajstić information content (AvgIpc) is 3.02. The first-order valence-electron chi connectivity index (χ1n) is 9.34. The monoisotopic (exact) mass is 345 g/mol. The van der Waals surface area contributed by atoms with Gasteiger partial charge < -0.3 is 20.3 Å². The molecule has 0 radical (unpaired) electrons. The summed E-state index contributed by atoms with van der Waals surface area (Å²) >= 11 is 0. The van der Waals surface area contributed by atoms with E-state index >= 15 is 0 Å². The third-order valence-corrected chi connectivity index (χ3v) is 5.25. The van der Waals surface area contributed by atoms with Gasteiger partial charge in [-0.15, -0.1) is 0 Å². The van der Waals surface area contributed by atoms with Gasteiger partial charge in [-0.25, -0.2) is 9.97 Å². The zero-order valence-electron chi connectivity index (χ0n) is 15.1. The molecule has 2 N–H and O–H groups in total. The van der Waals surface area contributed by atoms with Crippen molar-refractivity contribution in [3.8, 4) is 0 Å². The minimum Gasteiger partial charge on any atom is -0.370 e. The molecule has 2 saturated heterocycles. The van der Waals surface area contributed by atoms with Crippen LogP contribution < -0.4 is 15.5 Å². The second kappa shape index (κ2) is 6.53. The van der Waals surface area contributed by atoms with Gasteiger partial charge in [-0.05, 0) is 25.3 Å². The first-order chi connectivity index (χ1) is 12.1. The third-order valence-electron chi connectivity index (χ3n) is 5.25. The maximum atomic E-state index is 12.4. The number of nitrogens with zero attached hydrogens (tertiary/aromatic N) is 3. The Morgan fingerprint density at radius 1 is 1.32 bits per heavy atom. The molecule has 1 aromatic rings. The van der Waals surface area contributed by atoms with Crippen molar-refractivity contribution in [2.75, 3.05) is 44.2 Å². The molecule has 3 aliphatic heterocycles. The molecule has 7 heteroatoms. The second-order valence-electron chi connectivity index (χ2n) is 7.77. The lowest BCUT2D eigenvalue weighted by Crippen LogP contribution is -2.54. The number of fused-ring (bicyclic) bond motifs is 1. The molecule has 1 spiro atoms. The van der Waals surface area contributed by atoms with Crippen molar-refractivity contribution in [3.63, 3.8) is 0 Å². The van der Waals surface area contributed by atoms with E-state index in [0.717, 1.165) is 62.6 Å². The molecule has 7 nitrogen and oxygen atoms in total. The Labute approximate surface area is 148 Å². The average molecular weight is 345 g/mol. The minimum absolute atomic E-state index is 0.0691. The van der Waals surface area contributed by atoms with E-state index < -0.39 is 0 Å². The summed E-state index contributed by atoms with van der Waals surface area (Å²) in [6.07, 6.45) is 2.60. The number of hydrogen-bond acceptors (Lipinski definition) is 6. The summed E-state index contributed by atoms with van der Waals surface area (Å²) in [5.41, 5.74) is 1.45. The Kier molecular flexibility index (Phi) is 4.37. The predicted molar refractivity (Wildman–Crippen MR) is 95.0 cm³/mol. The van der Waals surface area contributed by atoms with Crippen LogP contribution >= 0.6 is 0 Å². The van der Waals surface area contributed by atoms with Gasteiger partial charge in [-0.1, -0.05) is 13.8 Å². The molecule has 0 bridgehead atoms. The highest BCUT2D eigenvalue weighted by atomic mass is 16.5. The number of amides is 1. The fourth-order valence-electron chi connectivity index (χ4n) is 4.04. The highest BCUT2D eigenvalue weighted by Gasteiger charge is 2.41. The number of ether oxygens (including phenoxy) is 1. The van der Waals surface area contributed by atoms with Crippen LogP contribution in [-0.2, 0) is 17.6 Å². The Balaban J connectivity index is 1.71. The van der Waals surface area contributed by atoms with Crippen LogP contribution in [0.5, 0.6) is 0 Å². The lowest BCUT2D eigenvalue weighted by atomic mass is 9.99. The molecule has 1 atom stereocenters. The van der Waals surface area contributed by atoms with Gasteiger partial charge in [-0.2, -0.15) is 0 Å². The summed E-state index contributed by atoms with van der Waals surface area (Å²) in [5, 5.41) is 6.33. The number of anilines is 1. The lowest BCUT2D eigenvalue weighted by Gasteiger charge is -2.41. The van der Waals surface area contributed by atoms with Crippen LogP contribution in [-0.4, -0.2) is 60.8 Å². The van der Waals surface area contributed by atoms with Crippen molar-refractivity contribution >= 4 is 11.7 Å². The van der Waals surface area contributed by atoms with Crippen molar-refractivity contribution in [1.82, 2.24) is 20.6 Å². The minimum atomic E-state index is -0.120. The molecule has 0 aromatic carbocycles. The molecule has 0 saturated carbocycles. The van der Waals surface area contributed by atoms with E-state index in [1.54, 1.807) is 0 Å². The third kappa shape index (κ3) is 3.22. The smallest absolute Gasteiger partial charge is 0.270 e. The van der Waals surface area contributed by atoms with E-state index in [2.05, 4.69) is 34.4 Å². The second-order valence-corrected chi connectivity index (χ2v) is 7.77. The standard InChI is InChI=1S/C18H27N5O2/c1-12(2)9-14-21-15-13(3-5-20-17(15)24)16(22-14)23-7-8-25-18(11-23)4-6-19-10-18/h12,19H,3-11H2,1-2H3,(H,20,24). The van der Waals surface area contributed by atoms with Gasteiger partial charge in [0.1, 0.15) is 17.3 Å². The van der Waals surface area contributed by atoms with Gasteiger partial charge in [-0.3, -0.25) is 4.79 Å². The summed E-state index contributed by atoms with van der Waals surface area (Å²) in [4.78, 5) is 24.2. The SMILES string of the molecule is CC(C)Cc1nc2c(c(N3CCOC4(CCNC4)C3)n1)CCNC2=O. The molecular weight excluding hydrogens is 318 g/mol. The van der Waals surface area contributed by atoms with Crippen LogP contribution in [0.15, 0.2) is 0 Å². The van der Waals surface area contributed by atoms with Gasteiger partial charge in [0.25, 0.3) is 5.91 Å². The topological polar surface area (TPSA) is 79.4 Å². The van der Waals surface area contributed by atoms with Crippen LogP contribution in [0, 0.1) is 5.92 Å². The zero-order valence-corrected chi connectivity index (χ0v) is 15.1. The molecule has 4 rings (SSSR count). The van der Waals surface area contributed by atoms with Crippen LogP contribution in [0.1, 0.15) is 42.1 Å². The molecule has 1 aromatic heterocycles. The summed E-state index contributed by atoms with van der Waals surface area (Å²) < 4.78 is 6.11. The summed E-state index contributed by atoms with van der Waals surface area (Å²) in [7, 11) is 0. The zero-order chi connectivity index (χ0) is 17.4. The van der Waals surface area contributed by atoms with Crippen molar-refractivity contribution in [2.24, 2.45) is 5.92 Å². The number of hydrogen-bond donors (Lipinski definition) is 2. The van der Waals surface area contributed by atoms with Crippen LogP contribution in [0.4, 0.5) is 5.82 Å². The molecule has 136 valence electrons. The number of nitrogens with one attached hydrogen (secondary N) is 2. The molecule has 3 aliphatic rings. The number of rotatable bonds is 3. The largest absolute Gasteiger partial charge is 0.370 e. The quantitative estimate of drug-likeness (QED) is 0.832. The number of aromatic nitrogens is 2. The molecule has 1 amide bonds. The first-order valence-corrected chi connectivity index (χ1v) is 9.34. The Morgan fingerprint density at radius 3 is 2.96 bits per heavy atom. The van der Waals surface area contributed by atoms with Gasteiger partial charge in [0.05, 0.1) is 12.2 Å². The number of carbonyl (C=O) groups excluding carboxylic acids is 1. The molecule has 0 aliphatic carbocycles. The fraction of sp³-hybridized carbons (Fsp3) is 0.722. The fourth-order valence-corrected chi connectivity index (χ4v) is 4.04. The van der Waals surface area contributed by atoms with Crippen molar-refractivity contribution in [2.45, 2.75) is 38.7 Å². The molecule has 1 unspecified atom stereocenters. The molecule has 4 heterocycles. The molecule has 25 heavy (non-hydrogen) atoms. The highest BCUT2D eigenvalue weighted by molar-refractivity contribution is 5.96. The maximum absolute atomic E-state index is 12.4. The van der Waals surface area contributed by atoms with Gasteiger partial charge in [0, 0.05) is 38.2 Å². The number of morpholine rings is 1. The Morgan fingerprint density at radius 2 is 2.20 bits per heavy atom. The van der Waals surface area contributed by atoms with Crippen molar-refractivity contribution in [3.05, 3.63) is 17.1 Å². The van der Waals surface area contributed by atoms with E-state index in [0.29, 0.717) is 24.8 Å². The maximum Gasteiger partial charge on any atom is 0.270 e. The molecule has 2 fully saturated rings. The summed E-state index contributed by atoms with van der Waals surface area (Å²) in [5.74, 6) is 2.10. The van der Waals surface area contributed by atoms with Gasteiger partial charge >= 0.3 is 0 Å². The first kappa shape index (κ1) is 16.7. The van der Waals surface area contributed by atoms with E-state index in [9.17, 15) is 4.79 Å².